The van der Waals surface area contributed by atoms with Gasteiger partial charge in [0.2, 0.25) is 10.0 Å². The van der Waals surface area contributed by atoms with Gasteiger partial charge in [0.1, 0.15) is 0 Å². The zero-order chi connectivity index (χ0) is 12.4. The molecule has 2 aliphatic rings. The van der Waals surface area contributed by atoms with Crippen LogP contribution in [-0.4, -0.2) is 26.3 Å². The second kappa shape index (κ2) is 5.24. The van der Waals surface area contributed by atoms with Gasteiger partial charge in [-0.05, 0) is 25.2 Å². The smallest absolute Gasteiger partial charge is 0.211 e. The normalized spacial score (nSPS) is 24.8. The molecule has 0 unspecified atom stereocenters. The van der Waals surface area contributed by atoms with Crippen molar-refractivity contribution < 1.29 is 8.42 Å². The minimum absolute atomic E-state index is 0.272. The molecule has 2 aliphatic carbocycles. The van der Waals surface area contributed by atoms with Crippen LogP contribution in [0.5, 0.6) is 0 Å². The number of hydrogen-bond acceptors (Lipinski definition) is 3. The van der Waals surface area contributed by atoms with Crippen LogP contribution < -0.4 is 10.5 Å². The number of nitrogens with two attached hydrogens (primary N) is 1. The van der Waals surface area contributed by atoms with Crippen molar-refractivity contribution >= 4 is 10.0 Å². The minimum atomic E-state index is -3.10. The van der Waals surface area contributed by atoms with Gasteiger partial charge in [0, 0.05) is 12.1 Å². The van der Waals surface area contributed by atoms with Crippen molar-refractivity contribution in [3.63, 3.8) is 0 Å². The van der Waals surface area contributed by atoms with Crippen molar-refractivity contribution in [3.05, 3.63) is 0 Å². The van der Waals surface area contributed by atoms with E-state index in [4.69, 9.17) is 5.73 Å². The van der Waals surface area contributed by atoms with E-state index in [1.807, 2.05) is 0 Å². The molecule has 0 aromatic carbocycles. The summed E-state index contributed by atoms with van der Waals surface area (Å²) >= 11 is 0. The molecule has 17 heavy (non-hydrogen) atoms. The Morgan fingerprint density at radius 3 is 2.41 bits per heavy atom. The van der Waals surface area contributed by atoms with Crippen molar-refractivity contribution in [3.8, 4) is 0 Å². The lowest BCUT2D eigenvalue weighted by atomic mass is 9.83. The summed E-state index contributed by atoms with van der Waals surface area (Å²) in [5.41, 5.74) is 5.91. The van der Waals surface area contributed by atoms with Crippen molar-refractivity contribution in [1.29, 1.82) is 0 Å². The molecule has 0 aromatic heterocycles. The van der Waals surface area contributed by atoms with E-state index in [9.17, 15) is 8.42 Å². The number of rotatable bonds is 6. The highest BCUT2D eigenvalue weighted by atomic mass is 32.2. The first-order valence-electron chi connectivity index (χ1n) is 6.75. The van der Waals surface area contributed by atoms with Crippen LogP contribution in [-0.2, 0) is 10.0 Å². The second-order valence-corrected chi connectivity index (χ2v) is 7.72. The Morgan fingerprint density at radius 2 is 1.82 bits per heavy atom. The summed E-state index contributed by atoms with van der Waals surface area (Å²) in [7, 11) is -3.10. The molecule has 4 nitrogen and oxygen atoms in total. The van der Waals surface area contributed by atoms with Gasteiger partial charge in [-0.1, -0.05) is 32.1 Å². The Balaban J connectivity index is 1.74. The van der Waals surface area contributed by atoms with Crippen molar-refractivity contribution in [2.75, 3.05) is 12.3 Å². The van der Waals surface area contributed by atoms with Crippen LogP contribution in [0, 0.1) is 5.92 Å². The molecular weight excluding hydrogens is 236 g/mol. The van der Waals surface area contributed by atoms with Gasteiger partial charge in [0.25, 0.3) is 0 Å². The van der Waals surface area contributed by atoms with Gasteiger partial charge in [0.15, 0.2) is 0 Å². The summed E-state index contributed by atoms with van der Waals surface area (Å²) in [4.78, 5) is 0. The fourth-order valence-electron chi connectivity index (χ4n) is 2.49. The molecule has 0 heterocycles. The highest BCUT2D eigenvalue weighted by Crippen LogP contribution is 2.32. The molecule has 2 saturated carbocycles. The van der Waals surface area contributed by atoms with Crippen LogP contribution in [0.4, 0.5) is 0 Å². The van der Waals surface area contributed by atoms with Crippen LogP contribution in [0.1, 0.15) is 51.4 Å². The summed E-state index contributed by atoms with van der Waals surface area (Å²) in [6.45, 7) is 0.417. The monoisotopic (exact) mass is 260 g/mol. The van der Waals surface area contributed by atoms with E-state index in [0.29, 0.717) is 12.5 Å². The van der Waals surface area contributed by atoms with Crippen LogP contribution in [0.3, 0.4) is 0 Å². The van der Waals surface area contributed by atoms with Crippen molar-refractivity contribution in [2.24, 2.45) is 11.7 Å². The number of nitrogens with one attached hydrogen (secondary N) is 1. The van der Waals surface area contributed by atoms with Gasteiger partial charge in [-0.15, -0.1) is 0 Å². The lowest BCUT2D eigenvalue weighted by molar-refractivity contribution is 0.296. The van der Waals surface area contributed by atoms with E-state index in [2.05, 4.69) is 4.72 Å². The highest BCUT2D eigenvalue weighted by Gasteiger charge is 2.29. The highest BCUT2D eigenvalue weighted by molar-refractivity contribution is 7.89. The molecule has 0 bridgehead atoms. The largest absolute Gasteiger partial charge is 0.324 e. The Hall–Kier alpha value is -0.130. The van der Waals surface area contributed by atoms with Gasteiger partial charge in [-0.25, -0.2) is 13.1 Å². The Labute approximate surface area is 104 Å². The maximum Gasteiger partial charge on any atom is 0.211 e. The van der Waals surface area contributed by atoms with E-state index in [-0.39, 0.29) is 11.3 Å². The topological polar surface area (TPSA) is 72.2 Å². The summed E-state index contributed by atoms with van der Waals surface area (Å²) in [5, 5.41) is 0. The molecule has 3 N–H and O–H groups in total. The van der Waals surface area contributed by atoms with E-state index < -0.39 is 10.0 Å². The molecule has 0 aliphatic heterocycles. The lowest BCUT2D eigenvalue weighted by Gasteiger charge is -2.33. The van der Waals surface area contributed by atoms with Gasteiger partial charge in [0.05, 0.1) is 5.75 Å². The Bertz CT molecular complexity index is 344. The second-order valence-electron chi connectivity index (χ2n) is 5.80. The average Bonchev–Trinajstić information content (AvgIpc) is 3.09. The predicted molar refractivity (Wildman–Crippen MR) is 69.1 cm³/mol. The van der Waals surface area contributed by atoms with E-state index in [1.54, 1.807) is 0 Å². The first-order valence-corrected chi connectivity index (χ1v) is 8.41. The average molecular weight is 260 g/mol. The van der Waals surface area contributed by atoms with Crippen LogP contribution >= 0.6 is 0 Å². The number of hydrogen-bond donors (Lipinski definition) is 2. The summed E-state index contributed by atoms with van der Waals surface area (Å²) < 4.78 is 26.3. The molecule has 0 aromatic rings. The summed E-state index contributed by atoms with van der Waals surface area (Å²) in [5.74, 6) is 0.932. The minimum Gasteiger partial charge on any atom is -0.324 e. The predicted octanol–water partition coefficient (Wildman–Crippen LogP) is 1.37. The lowest BCUT2D eigenvalue weighted by Crippen LogP contribution is -2.51. The molecule has 0 radical (unpaired) electrons. The Morgan fingerprint density at radius 1 is 1.18 bits per heavy atom. The summed E-state index contributed by atoms with van der Waals surface area (Å²) in [6.07, 6.45) is 8.59. The molecule has 0 atom stereocenters. The first kappa shape index (κ1) is 13.3. The van der Waals surface area contributed by atoms with Gasteiger partial charge in [-0.3, -0.25) is 0 Å². The van der Waals surface area contributed by atoms with Crippen LogP contribution in [0.25, 0.3) is 0 Å². The van der Waals surface area contributed by atoms with Gasteiger partial charge >= 0.3 is 0 Å². The molecule has 2 fully saturated rings. The summed E-state index contributed by atoms with van der Waals surface area (Å²) in [6, 6.07) is 0. The molecule has 5 heteroatoms. The van der Waals surface area contributed by atoms with Crippen LogP contribution in [0.2, 0.25) is 0 Å². The SMILES string of the molecule is NC1(CNS(=O)(=O)CCC2CC2)CCCCC1. The molecular formula is C12H24N2O2S. The molecule has 0 saturated heterocycles. The van der Waals surface area contributed by atoms with E-state index in [0.717, 1.165) is 32.1 Å². The fourth-order valence-corrected chi connectivity index (χ4v) is 3.78. The zero-order valence-corrected chi connectivity index (χ0v) is 11.3. The first-order chi connectivity index (χ1) is 7.99. The van der Waals surface area contributed by atoms with Gasteiger partial charge in [-0.2, -0.15) is 0 Å². The van der Waals surface area contributed by atoms with E-state index in [1.165, 1.54) is 19.3 Å². The zero-order valence-electron chi connectivity index (χ0n) is 10.5. The quantitative estimate of drug-likeness (QED) is 0.757. The third kappa shape index (κ3) is 4.56. The number of sulfonamides is 1. The van der Waals surface area contributed by atoms with Crippen molar-refractivity contribution in [2.45, 2.75) is 56.9 Å². The maximum atomic E-state index is 11.8. The Kier molecular flexibility index (Phi) is 4.10. The van der Waals surface area contributed by atoms with Gasteiger partial charge < -0.3 is 5.73 Å². The molecule has 2 rings (SSSR count). The molecule has 100 valence electrons. The third-order valence-corrected chi connectivity index (χ3v) is 5.34. The van der Waals surface area contributed by atoms with Crippen molar-refractivity contribution in [1.82, 2.24) is 4.72 Å². The van der Waals surface area contributed by atoms with Crippen LogP contribution in [0.15, 0.2) is 0 Å². The van der Waals surface area contributed by atoms with E-state index >= 15 is 0 Å². The molecule has 0 spiro atoms. The standard InChI is InChI=1S/C12H24N2O2S/c13-12(7-2-1-3-8-12)10-14-17(15,16)9-6-11-4-5-11/h11,14H,1-10,13H2. The fraction of sp³-hybridized carbons (Fsp3) is 1.00. The molecule has 0 amide bonds. The maximum absolute atomic E-state index is 11.8. The third-order valence-electron chi connectivity index (χ3n) is 3.99.